The minimum Gasteiger partial charge on any atom is -0.488 e. The molecule has 1 unspecified atom stereocenters. The van der Waals surface area contributed by atoms with Crippen molar-refractivity contribution in [2.75, 3.05) is 24.5 Å². The van der Waals surface area contributed by atoms with Gasteiger partial charge in [-0.1, -0.05) is 6.07 Å². The molecule has 1 atom stereocenters. The van der Waals surface area contributed by atoms with Crippen molar-refractivity contribution >= 4 is 11.7 Å². The van der Waals surface area contributed by atoms with Crippen LogP contribution in [0.15, 0.2) is 36.7 Å². The normalized spacial score (nSPS) is 18.0. The molecular formula is C23H25FN6O2. The van der Waals surface area contributed by atoms with E-state index in [1.807, 2.05) is 13.2 Å². The number of hydrogen-bond donors (Lipinski definition) is 0. The average molecular weight is 436 g/mol. The standard InChI is InChI=1S/C23H25FN6O2/c1-15(31)29-9-7-20-21(14-29)26-22(16-11-25-28(2)12-16)23(27-20)30-8-6-19(13-30)32-18-5-3-4-17(24)10-18/h3-5,10-12,19H,6-9,13-14H2,1-2H3. The Labute approximate surface area is 185 Å². The zero-order valence-electron chi connectivity index (χ0n) is 18.2. The van der Waals surface area contributed by atoms with E-state index >= 15 is 0 Å². The maximum atomic E-state index is 13.5. The van der Waals surface area contributed by atoms with E-state index in [9.17, 15) is 9.18 Å². The Morgan fingerprint density at radius 2 is 2.09 bits per heavy atom. The summed E-state index contributed by atoms with van der Waals surface area (Å²) < 4.78 is 21.3. The van der Waals surface area contributed by atoms with Crippen LogP contribution < -0.4 is 9.64 Å². The first-order valence-corrected chi connectivity index (χ1v) is 10.8. The van der Waals surface area contributed by atoms with Crippen LogP contribution in [0.5, 0.6) is 5.75 Å². The van der Waals surface area contributed by atoms with Gasteiger partial charge in [0.1, 0.15) is 23.4 Å². The predicted octanol–water partition coefficient (Wildman–Crippen LogP) is 2.58. The Bertz CT molecular complexity index is 1160. The number of anilines is 1. The van der Waals surface area contributed by atoms with E-state index in [4.69, 9.17) is 14.7 Å². The van der Waals surface area contributed by atoms with Gasteiger partial charge in [-0.15, -0.1) is 0 Å². The van der Waals surface area contributed by atoms with Gasteiger partial charge in [-0.25, -0.2) is 14.4 Å². The third-order valence-electron chi connectivity index (χ3n) is 5.96. The number of aryl methyl sites for hydroxylation is 1. The number of hydrogen-bond acceptors (Lipinski definition) is 6. The summed E-state index contributed by atoms with van der Waals surface area (Å²) in [5.41, 5.74) is 3.40. The quantitative estimate of drug-likeness (QED) is 0.626. The first-order chi connectivity index (χ1) is 15.5. The molecule has 0 spiro atoms. The van der Waals surface area contributed by atoms with Crippen molar-refractivity contribution in [1.29, 1.82) is 0 Å². The Hall–Kier alpha value is -3.49. The summed E-state index contributed by atoms with van der Waals surface area (Å²) in [7, 11) is 1.87. The molecule has 5 rings (SSSR count). The zero-order chi connectivity index (χ0) is 22.2. The molecule has 9 heteroatoms. The molecule has 1 fully saturated rings. The molecule has 2 aliphatic rings. The third kappa shape index (κ3) is 4.02. The molecule has 4 heterocycles. The van der Waals surface area contributed by atoms with E-state index in [1.165, 1.54) is 12.1 Å². The SMILES string of the molecule is CC(=O)N1CCc2nc(N3CCC(Oc4cccc(F)c4)C3)c(-c3cnn(C)c3)nc2C1. The van der Waals surface area contributed by atoms with E-state index in [-0.39, 0.29) is 17.8 Å². The first-order valence-electron chi connectivity index (χ1n) is 10.8. The fourth-order valence-corrected chi connectivity index (χ4v) is 4.30. The number of halogens is 1. The summed E-state index contributed by atoms with van der Waals surface area (Å²) in [5, 5.41) is 4.30. The maximum Gasteiger partial charge on any atom is 0.219 e. The summed E-state index contributed by atoms with van der Waals surface area (Å²) >= 11 is 0. The lowest BCUT2D eigenvalue weighted by molar-refractivity contribution is -0.129. The number of benzene rings is 1. The predicted molar refractivity (Wildman–Crippen MR) is 117 cm³/mol. The van der Waals surface area contributed by atoms with Crippen LogP contribution in [0, 0.1) is 5.82 Å². The number of carbonyl (C=O) groups is 1. The van der Waals surface area contributed by atoms with Gasteiger partial charge in [-0.2, -0.15) is 5.10 Å². The van der Waals surface area contributed by atoms with Crippen molar-refractivity contribution in [3.63, 3.8) is 0 Å². The van der Waals surface area contributed by atoms with E-state index in [2.05, 4.69) is 10.00 Å². The van der Waals surface area contributed by atoms with Crippen molar-refractivity contribution in [2.45, 2.75) is 32.4 Å². The summed E-state index contributed by atoms with van der Waals surface area (Å²) in [6, 6.07) is 6.23. The molecule has 0 aliphatic carbocycles. The van der Waals surface area contributed by atoms with Gasteiger partial charge in [-0.05, 0) is 12.1 Å². The fourth-order valence-electron chi connectivity index (χ4n) is 4.30. The molecule has 32 heavy (non-hydrogen) atoms. The second kappa shape index (κ2) is 8.22. The molecule has 1 amide bonds. The van der Waals surface area contributed by atoms with Gasteiger partial charge < -0.3 is 14.5 Å². The molecule has 1 saturated heterocycles. The number of amides is 1. The first kappa shape index (κ1) is 20.4. The third-order valence-corrected chi connectivity index (χ3v) is 5.96. The van der Waals surface area contributed by atoms with Gasteiger partial charge in [0, 0.05) is 57.7 Å². The summed E-state index contributed by atoms with van der Waals surface area (Å²) in [6.07, 6.45) is 5.12. The number of carbonyl (C=O) groups excluding carboxylic acids is 1. The second-order valence-electron chi connectivity index (χ2n) is 8.31. The van der Waals surface area contributed by atoms with Crippen molar-refractivity contribution in [2.24, 2.45) is 7.05 Å². The lowest BCUT2D eigenvalue weighted by Gasteiger charge is -2.29. The number of rotatable bonds is 4. The molecule has 0 saturated carbocycles. The molecule has 2 aliphatic heterocycles. The molecule has 0 N–H and O–H groups in total. The highest BCUT2D eigenvalue weighted by atomic mass is 19.1. The van der Waals surface area contributed by atoms with Crippen LogP contribution in [0.1, 0.15) is 24.7 Å². The van der Waals surface area contributed by atoms with Gasteiger partial charge in [0.25, 0.3) is 0 Å². The Kier molecular flexibility index (Phi) is 5.24. The molecule has 0 bridgehead atoms. The van der Waals surface area contributed by atoms with Crippen molar-refractivity contribution in [3.8, 4) is 17.0 Å². The van der Waals surface area contributed by atoms with Gasteiger partial charge in [-0.3, -0.25) is 9.48 Å². The Morgan fingerprint density at radius 1 is 1.22 bits per heavy atom. The van der Waals surface area contributed by atoms with E-state index in [0.29, 0.717) is 31.8 Å². The lowest BCUT2D eigenvalue weighted by Crippen LogP contribution is -2.36. The Balaban J connectivity index is 1.44. The monoisotopic (exact) mass is 436 g/mol. The largest absolute Gasteiger partial charge is 0.488 e. The summed E-state index contributed by atoms with van der Waals surface area (Å²) in [6.45, 7) is 4.10. The average Bonchev–Trinajstić information content (AvgIpc) is 3.41. The number of nitrogens with zero attached hydrogens (tertiary/aromatic N) is 6. The van der Waals surface area contributed by atoms with Crippen LogP contribution >= 0.6 is 0 Å². The number of ether oxygens (including phenoxy) is 1. The van der Waals surface area contributed by atoms with Gasteiger partial charge in [0.2, 0.25) is 5.91 Å². The highest BCUT2D eigenvalue weighted by molar-refractivity contribution is 5.74. The van der Waals surface area contributed by atoms with Crippen molar-refractivity contribution < 1.29 is 13.9 Å². The van der Waals surface area contributed by atoms with E-state index in [1.54, 1.807) is 34.8 Å². The highest BCUT2D eigenvalue weighted by Gasteiger charge is 2.30. The number of aromatic nitrogens is 4. The van der Waals surface area contributed by atoms with E-state index in [0.717, 1.165) is 41.4 Å². The number of fused-ring (bicyclic) bond motifs is 1. The van der Waals surface area contributed by atoms with Gasteiger partial charge >= 0.3 is 0 Å². The molecule has 1 aromatic carbocycles. The van der Waals surface area contributed by atoms with Crippen LogP contribution in [-0.2, 0) is 24.8 Å². The van der Waals surface area contributed by atoms with Crippen LogP contribution in [0.2, 0.25) is 0 Å². The van der Waals surface area contributed by atoms with E-state index < -0.39 is 0 Å². The summed E-state index contributed by atoms with van der Waals surface area (Å²) in [4.78, 5) is 25.8. The molecule has 3 aromatic rings. The van der Waals surface area contributed by atoms with Crippen LogP contribution in [0.3, 0.4) is 0 Å². The van der Waals surface area contributed by atoms with Crippen molar-refractivity contribution in [3.05, 3.63) is 53.9 Å². The molecular weight excluding hydrogens is 411 g/mol. The second-order valence-corrected chi connectivity index (χ2v) is 8.31. The molecule has 2 aromatic heterocycles. The smallest absolute Gasteiger partial charge is 0.219 e. The highest BCUT2D eigenvalue weighted by Crippen LogP contribution is 2.33. The zero-order valence-corrected chi connectivity index (χ0v) is 18.2. The topological polar surface area (TPSA) is 76.4 Å². The lowest BCUT2D eigenvalue weighted by atomic mass is 10.1. The summed E-state index contributed by atoms with van der Waals surface area (Å²) in [5.74, 6) is 1.07. The molecule has 166 valence electrons. The van der Waals surface area contributed by atoms with Gasteiger partial charge in [0.15, 0.2) is 5.82 Å². The Morgan fingerprint density at radius 3 is 2.84 bits per heavy atom. The van der Waals surface area contributed by atoms with Gasteiger partial charge in [0.05, 0.1) is 30.7 Å². The van der Waals surface area contributed by atoms with Crippen LogP contribution in [0.25, 0.3) is 11.3 Å². The molecule has 0 radical (unpaired) electrons. The van der Waals surface area contributed by atoms with Crippen molar-refractivity contribution in [1.82, 2.24) is 24.6 Å². The maximum absolute atomic E-state index is 13.5. The van der Waals surface area contributed by atoms with Crippen LogP contribution in [-0.4, -0.2) is 56.3 Å². The molecule has 8 nitrogen and oxygen atoms in total. The van der Waals surface area contributed by atoms with Crippen LogP contribution in [0.4, 0.5) is 10.2 Å². The fraction of sp³-hybridized carbons (Fsp3) is 0.391. The minimum atomic E-state index is -0.309. The minimum absolute atomic E-state index is 0.0429.